The summed E-state index contributed by atoms with van der Waals surface area (Å²) in [5, 5.41) is 6.89. The van der Waals surface area contributed by atoms with Crippen molar-refractivity contribution < 1.29 is 33.4 Å². The molecule has 1 fully saturated rings. The molecule has 3 N–H and O–H groups in total. The number of hydrogen-bond donors (Lipinski definition) is 2. The molecule has 0 aromatic heterocycles. The van der Waals surface area contributed by atoms with E-state index in [-0.39, 0.29) is 19.0 Å². The molecule has 0 bridgehead atoms. The van der Waals surface area contributed by atoms with Crippen LogP contribution < -0.4 is 11.1 Å². The van der Waals surface area contributed by atoms with E-state index < -0.39 is 29.3 Å². The summed E-state index contributed by atoms with van der Waals surface area (Å²) in [6.07, 6.45) is 0.194. The number of piperazine rings is 1. The first-order chi connectivity index (χ1) is 14.8. The van der Waals surface area contributed by atoms with Gasteiger partial charge < -0.3 is 30.1 Å². The number of benzene rings is 1. The Kier molecular flexibility index (Phi) is 8.38. The van der Waals surface area contributed by atoms with Crippen molar-refractivity contribution in [3.63, 3.8) is 0 Å². The Bertz CT molecular complexity index is 856. The van der Waals surface area contributed by atoms with E-state index >= 15 is 0 Å². The highest BCUT2D eigenvalue weighted by atomic mass is 16.7. The third-order valence-corrected chi connectivity index (χ3v) is 4.63. The molecule has 168 valence electrons. The van der Waals surface area contributed by atoms with Gasteiger partial charge in [-0.3, -0.25) is 4.90 Å². The number of amidine groups is 1. The highest BCUT2D eigenvalue weighted by Gasteiger charge is 2.42. The number of oxime groups is 1. The van der Waals surface area contributed by atoms with Gasteiger partial charge in [-0.1, -0.05) is 35.5 Å². The highest BCUT2D eigenvalue weighted by molar-refractivity contribution is 5.95. The molecule has 1 unspecified atom stereocenters. The summed E-state index contributed by atoms with van der Waals surface area (Å²) < 4.78 is 14.4. The van der Waals surface area contributed by atoms with Gasteiger partial charge in [-0.05, 0) is 12.5 Å². The maximum atomic E-state index is 12.7. The van der Waals surface area contributed by atoms with Crippen molar-refractivity contribution in [2.45, 2.75) is 19.1 Å². The van der Waals surface area contributed by atoms with Crippen molar-refractivity contribution in [2.24, 2.45) is 10.9 Å². The molecule has 0 radical (unpaired) electrons. The Morgan fingerprint density at radius 3 is 2.58 bits per heavy atom. The maximum absolute atomic E-state index is 12.7. The van der Waals surface area contributed by atoms with Crippen LogP contribution in [0.1, 0.15) is 12.5 Å². The van der Waals surface area contributed by atoms with Gasteiger partial charge in [0.15, 0.2) is 5.84 Å². The van der Waals surface area contributed by atoms with E-state index in [0.29, 0.717) is 13.1 Å². The Morgan fingerprint density at radius 2 is 1.94 bits per heavy atom. The number of hydrogen-bond acceptors (Lipinski definition) is 9. The summed E-state index contributed by atoms with van der Waals surface area (Å²) in [4.78, 5) is 42.5. The summed E-state index contributed by atoms with van der Waals surface area (Å²) >= 11 is 0. The number of amides is 1. The molecule has 1 aromatic carbocycles. The average molecular weight is 434 g/mol. The summed E-state index contributed by atoms with van der Waals surface area (Å²) in [6, 6.07) is 9.25. The molecule has 0 saturated carbocycles. The molecule has 31 heavy (non-hydrogen) atoms. The zero-order chi connectivity index (χ0) is 22.9. The molecule has 11 nitrogen and oxygen atoms in total. The maximum Gasteiger partial charge on any atom is 0.411 e. The topological polar surface area (TPSA) is 142 Å². The molecular formula is C20H26N4O7. The van der Waals surface area contributed by atoms with E-state index in [4.69, 9.17) is 15.3 Å². The van der Waals surface area contributed by atoms with E-state index in [1.54, 1.807) is 6.92 Å². The largest absolute Gasteiger partial charge is 0.466 e. The van der Waals surface area contributed by atoms with E-state index in [2.05, 4.69) is 19.9 Å². The monoisotopic (exact) mass is 434 g/mol. The van der Waals surface area contributed by atoms with Crippen LogP contribution in [0.15, 0.2) is 47.3 Å². The smallest absolute Gasteiger partial charge is 0.411 e. The number of methoxy groups -OCH3 is 2. The van der Waals surface area contributed by atoms with E-state index in [1.165, 1.54) is 4.90 Å². The van der Waals surface area contributed by atoms with Gasteiger partial charge in [0, 0.05) is 19.6 Å². The first-order valence-electron chi connectivity index (χ1n) is 9.39. The summed E-state index contributed by atoms with van der Waals surface area (Å²) in [7, 11) is 2.25. The average Bonchev–Trinajstić information content (AvgIpc) is 2.80. The molecular weight excluding hydrogens is 408 g/mol. The van der Waals surface area contributed by atoms with Gasteiger partial charge in [0.2, 0.25) is 5.76 Å². The lowest BCUT2D eigenvalue weighted by atomic mass is 9.96. The van der Waals surface area contributed by atoms with Crippen LogP contribution >= 0.6 is 0 Å². The molecule has 1 aromatic rings. The van der Waals surface area contributed by atoms with Gasteiger partial charge in [0.1, 0.15) is 12.1 Å². The van der Waals surface area contributed by atoms with Crippen molar-refractivity contribution >= 4 is 23.9 Å². The fraction of sp³-hybridized carbons (Fsp3) is 0.400. The zero-order valence-electron chi connectivity index (χ0n) is 17.6. The molecule has 1 amide bonds. The van der Waals surface area contributed by atoms with E-state index in [0.717, 1.165) is 25.9 Å². The van der Waals surface area contributed by atoms with Crippen molar-refractivity contribution in [2.75, 3.05) is 33.9 Å². The van der Waals surface area contributed by atoms with Crippen LogP contribution in [0, 0.1) is 0 Å². The molecule has 1 aliphatic rings. The highest BCUT2D eigenvalue weighted by Crippen LogP contribution is 2.20. The molecule has 1 aliphatic heterocycles. The van der Waals surface area contributed by atoms with Crippen molar-refractivity contribution in [3.8, 4) is 0 Å². The predicted molar refractivity (Wildman–Crippen MR) is 109 cm³/mol. The van der Waals surface area contributed by atoms with Gasteiger partial charge in [0.05, 0.1) is 20.3 Å². The minimum absolute atomic E-state index is 0.0988. The number of esters is 2. The first-order valence-corrected chi connectivity index (χ1v) is 9.39. The SMILES string of the molecule is COC(=O)C=C(O/N=C(\N)C1(C)CNCCN1C(=O)OCc1ccccc1)C(=O)OC. The number of nitrogens with zero attached hydrogens (tertiary/aromatic N) is 2. The molecule has 1 saturated heterocycles. The fourth-order valence-corrected chi connectivity index (χ4v) is 2.77. The lowest BCUT2D eigenvalue weighted by molar-refractivity contribution is -0.142. The molecule has 11 heteroatoms. The first kappa shape index (κ1) is 23.7. The summed E-state index contributed by atoms with van der Waals surface area (Å²) in [5.41, 5.74) is 5.84. The Labute approximate surface area is 179 Å². The quantitative estimate of drug-likeness (QED) is 0.119. The number of rotatable bonds is 7. The number of ether oxygens (including phenoxy) is 3. The molecule has 0 spiro atoms. The Hall–Kier alpha value is -3.60. The number of carbonyl (C=O) groups is 3. The summed E-state index contributed by atoms with van der Waals surface area (Å²) in [5.74, 6) is -2.43. The lowest BCUT2D eigenvalue weighted by Crippen LogP contribution is -2.67. The van der Waals surface area contributed by atoms with Crippen LogP contribution in [0.3, 0.4) is 0 Å². The van der Waals surface area contributed by atoms with Gasteiger partial charge in [-0.25, -0.2) is 14.4 Å². The Balaban J connectivity index is 2.16. The predicted octanol–water partition coefficient (Wildman–Crippen LogP) is 0.506. The van der Waals surface area contributed by atoms with E-state index in [1.807, 2.05) is 30.3 Å². The number of nitrogens with one attached hydrogen (secondary N) is 1. The van der Waals surface area contributed by atoms with Crippen molar-refractivity contribution in [1.82, 2.24) is 10.2 Å². The zero-order valence-corrected chi connectivity index (χ0v) is 17.6. The lowest BCUT2D eigenvalue weighted by Gasteiger charge is -2.43. The number of nitrogens with two attached hydrogens (primary N) is 1. The standard InChI is InChI=1S/C20H26N4O7/c1-20(18(21)23-31-15(17(26)29-3)11-16(25)28-2)13-22-9-10-24(20)19(27)30-12-14-7-5-4-6-8-14/h4-8,11,22H,9-10,12-13H2,1-3H3,(H2,21,23). The van der Waals surface area contributed by atoms with Gasteiger partial charge in [0.25, 0.3) is 0 Å². The summed E-state index contributed by atoms with van der Waals surface area (Å²) in [6.45, 7) is 2.87. The minimum atomic E-state index is -1.11. The Morgan fingerprint density at radius 1 is 1.23 bits per heavy atom. The number of carbonyl (C=O) groups excluding carboxylic acids is 3. The van der Waals surface area contributed by atoms with Gasteiger partial charge in [-0.15, -0.1) is 0 Å². The third kappa shape index (κ3) is 6.19. The minimum Gasteiger partial charge on any atom is -0.466 e. The van der Waals surface area contributed by atoms with Crippen LogP contribution in [0.4, 0.5) is 4.79 Å². The molecule has 1 atom stereocenters. The van der Waals surface area contributed by atoms with Crippen molar-refractivity contribution in [3.05, 3.63) is 47.7 Å². The van der Waals surface area contributed by atoms with Crippen LogP contribution in [0.25, 0.3) is 0 Å². The van der Waals surface area contributed by atoms with Crippen molar-refractivity contribution in [1.29, 1.82) is 0 Å². The second kappa shape index (κ2) is 11.0. The fourth-order valence-electron chi connectivity index (χ4n) is 2.77. The molecule has 2 rings (SSSR count). The third-order valence-electron chi connectivity index (χ3n) is 4.63. The molecule has 1 heterocycles. The molecule has 0 aliphatic carbocycles. The van der Waals surface area contributed by atoms with E-state index in [9.17, 15) is 14.4 Å². The van der Waals surface area contributed by atoms with Crippen LogP contribution in [-0.4, -0.2) is 68.2 Å². The van der Waals surface area contributed by atoms with Gasteiger partial charge >= 0.3 is 18.0 Å². The van der Waals surface area contributed by atoms with Crippen LogP contribution in [-0.2, 0) is 35.2 Å². The van der Waals surface area contributed by atoms with Crippen LogP contribution in [0.2, 0.25) is 0 Å². The second-order valence-electron chi connectivity index (χ2n) is 6.73. The van der Waals surface area contributed by atoms with Gasteiger partial charge in [-0.2, -0.15) is 0 Å². The van der Waals surface area contributed by atoms with Crippen LogP contribution in [0.5, 0.6) is 0 Å². The second-order valence-corrected chi connectivity index (χ2v) is 6.73. The normalized spacial score (nSPS) is 19.4.